The SMILES string of the molecule is O=C(Nc1ccc(OCCN2CCOCC2)c2ccccc12)c1cccc(N2CCC(CO)CC2)n1. The molecule has 2 aliphatic rings. The van der Waals surface area contributed by atoms with E-state index in [2.05, 4.69) is 20.1 Å². The van der Waals surface area contributed by atoms with Crippen molar-refractivity contribution in [2.75, 3.05) is 69.4 Å². The quantitative estimate of drug-likeness (QED) is 0.500. The number of carbonyl (C=O) groups excluding carboxylic acids is 1. The molecule has 36 heavy (non-hydrogen) atoms. The van der Waals surface area contributed by atoms with E-state index in [9.17, 15) is 9.90 Å². The van der Waals surface area contributed by atoms with Gasteiger partial charge in [0.25, 0.3) is 5.91 Å². The number of fused-ring (bicyclic) bond motifs is 1. The first-order valence-corrected chi connectivity index (χ1v) is 12.8. The van der Waals surface area contributed by atoms with Crippen LogP contribution in [0.4, 0.5) is 11.5 Å². The first kappa shape index (κ1) is 24.5. The van der Waals surface area contributed by atoms with Crippen LogP contribution >= 0.6 is 0 Å². The van der Waals surface area contributed by atoms with E-state index in [4.69, 9.17) is 9.47 Å². The average molecular weight is 491 g/mol. The molecule has 8 nitrogen and oxygen atoms in total. The lowest BCUT2D eigenvalue weighted by atomic mass is 9.98. The Bertz CT molecular complexity index is 1170. The number of hydrogen-bond donors (Lipinski definition) is 2. The van der Waals surface area contributed by atoms with Gasteiger partial charge in [-0.2, -0.15) is 0 Å². The van der Waals surface area contributed by atoms with Gasteiger partial charge >= 0.3 is 0 Å². The number of piperidine rings is 1. The van der Waals surface area contributed by atoms with Crippen LogP contribution in [-0.4, -0.2) is 80.0 Å². The predicted octanol–water partition coefficient (Wildman–Crippen LogP) is 3.41. The molecule has 190 valence electrons. The number of ether oxygens (including phenoxy) is 2. The van der Waals surface area contributed by atoms with Gasteiger partial charge in [0, 0.05) is 55.8 Å². The molecule has 1 amide bonds. The predicted molar refractivity (Wildman–Crippen MR) is 141 cm³/mol. The monoisotopic (exact) mass is 490 g/mol. The number of aliphatic hydroxyl groups is 1. The largest absolute Gasteiger partial charge is 0.492 e. The van der Waals surface area contributed by atoms with E-state index in [0.29, 0.717) is 18.2 Å². The molecule has 8 heteroatoms. The van der Waals surface area contributed by atoms with Crippen LogP contribution in [0.2, 0.25) is 0 Å². The number of carbonyl (C=O) groups is 1. The van der Waals surface area contributed by atoms with Crippen molar-refractivity contribution >= 4 is 28.2 Å². The second-order valence-electron chi connectivity index (χ2n) is 9.41. The smallest absolute Gasteiger partial charge is 0.274 e. The first-order valence-electron chi connectivity index (χ1n) is 12.8. The molecule has 0 atom stereocenters. The molecule has 2 N–H and O–H groups in total. The summed E-state index contributed by atoms with van der Waals surface area (Å²) in [6.45, 7) is 6.78. The Balaban J connectivity index is 1.27. The summed E-state index contributed by atoms with van der Waals surface area (Å²) in [4.78, 5) is 22.3. The Labute approximate surface area is 211 Å². The summed E-state index contributed by atoms with van der Waals surface area (Å²) in [5.74, 6) is 1.72. The van der Waals surface area contributed by atoms with Crippen LogP contribution in [0.1, 0.15) is 23.3 Å². The minimum absolute atomic E-state index is 0.232. The third kappa shape index (κ3) is 5.78. The van der Waals surface area contributed by atoms with Gasteiger partial charge in [-0.25, -0.2) is 4.98 Å². The molecule has 2 fully saturated rings. The van der Waals surface area contributed by atoms with Crippen molar-refractivity contribution in [3.05, 3.63) is 60.3 Å². The average Bonchev–Trinajstić information content (AvgIpc) is 2.95. The van der Waals surface area contributed by atoms with E-state index in [1.165, 1.54) is 0 Å². The van der Waals surface area contributed by atoms with Crippen molar-refractivity contribution in [1.82, 2.24) is 9.88 Å². The second-order valence-corrected chi connectivity index (χ2v) is 9.41. The fraction of sp³-hybridized carbons (Fsp3) is 0.429. The van der Waals surface area contributed by atoms with Crippen molar-refractivity contribution in [2.45, 2.75) is 12.8 Å². The maximum absolute atomic E-state index is 13.2. The summed E-state index contributed by atoms with van der Waals surface area (Å²) in [5.41, 5.74) is 1.11. The Morgan fingerprint density at radius 2 is 1.78 bits per heavy atom. The van der Waals surface area contributed by atoms with E-state index in [1.807, 2.05) is 48.5 Å². The van der Waals surface area contributed by atoms with Crippen LogP contribution in [0.25, 0.3) is 10.8 Å². The fourth-order valence-corrected chi connectivity index (χ4v) is 4.87. The lowest BCUT2D eigenvalue weighted by molar-refractivity contribution is 0.0323. The van der Waals surface area contributed by atoms with Crippen LogP contribution in [0.15, 0.2) is 54.6 Å². The zero-order valence-electron chi connectivity index (χ0n) is 20.6. The molecule has 3 aromatic rings. The Hall–Kier alpha value is -3.20. The van der Waals surface area contributed by atoms with Gasteiger partial charge < -0.3 is 24.8 Å². The topological polar surface area (TPSA) is 87.2 Å². The van der Waals surface area contributed by atoms with Gasteiger partial charge in [0.05, 0.1) is 13.2 Å². The van der Waals surface area contributed by atoms with Crippen molar-refractivity contribution in [2.24, 2.45) is 5.92 Å². The van der Waals surface area contributed by atoms with Gasteiger partial charge in [-0.3, -0.25) is 9.69 Å². The highest BCUT2D eigenvalue weighted by atomic mass is 16.5. The number of nitrogens with one attached hydrogen (secondary N) is 1. The number of morpholine rings is 1. The van der Waals surface area contributed by atoms with Crippen LogP contribution in [0.5, 0.6) is 5.75 Å². The number of aliphatic hydroxyl groups excluding tert-OH is 1. The maximum atomic E-state index is 13.2. The van der Waals surface area contributed by atoms with Crippen LogP contribution in [0, 0.1) is 5.92 Å². The third-order valence-electron chi connectivity index (χ3n) is 7.06. The van der Waals surface area contributed by atoms with Gasteiger partial charge in [-0.05, 0) is 43.0 Å². The van der Waals surface area contributed by atoms with Crippen LogP contribution in [-0.2, 0) is 4.74 Å². The molecule has 1 aromatic heterocycles. The molecule has 2 aromatic carbocycles. The number of aromatic nitrogens is 1. The summed E-state index contributed by atoms with van der Waals surface area (Å²) >= 11 is 0. The number of pyridine rings is 1. The van der Waals surface area contributed by atoms with E-state index in [-0.39, 0.29) is 12.5 Å². The highest BCUT2D eigenvalue weighted by Gasteiger charge is 2.20. The van der Waals surface area contributed by atoms with Crippen molar-refractivity contribution in [1.29, 1.82) is 0 Å². The van der Waals surface area contributed by atoms with Crippen molar-refractivity contribution in [3.63, 3.8) is 0 Å². The van der Waals surface area contributed by atoms with Crippen LogP contribution < -0.4 is 15.0 Å². The molecule has 2 saturated heterocycles. The highest BCUT2D eigenvalue weighted by Crippen LogP contribution is 2.32. The number of benzene rings is 2. The zero-order valence-corrected chi connectivity index (χ0v) is 20.6. The Morgan fingerprint density at radius 3 is 2.56 bits per heavy atom. The summed E-state index contributed by atoms with van der Waals surface area (Å²) in [6.07, 6.45) is 1.86. The van der Waals surface area contributed by atoms with Crippen LogP contribution in [0.3, 0.4) is 0 Å². The fourth-order valence-electron chi connectivity index (χ4n) is 4.87. The van der Waals surface area contributed by atoms with Gasteiger partial charge in [0.2, 0.25) is 0 Å². The molecule has 0 unspecified atom stereocenters. The minimum atomic E-state index is -0.242. The first-order chi connectivity index (χ1) is 17.7. The van der Waals surface area contributed by atoms with Crippen molar-refractivity contribution < 1.29 is 19.4 Å². The maximum Gasteiger partial charge on any atom is 0.274 e. The van der Waals surface area contributed by atoms with Gasteiger partial charge in [-0.1, -0.05) is 30.3 Å². The second kappa shape index (κ2) is 11.7. The van der Waals surface area contributed by atoms with E-state index in [0.717, 1.165) is 86.8 Å². The molecule has 0 radical (unpaired) electrons. The van der Waals surface area contributed by atoms with E-state index >= 15 is 0 Å². The van der Waals surface area contributed by atoms with Crippen molar-refractivity contribution in [3.8, 4) is 5.75 Å². The Morgan fingerprint density at radius 1 is 1.00 bits per heavy atom. The molecule has 5 rings (SSSR count). The van der Waals surface area contributed by atoms with E-state index in [1.54, 1.807) is 6.07 Å². The summed E-state index contributed by atoms with van der Waals surface area (Å²) in [6, 6.07) is 17.3. The van der Waals surface area contributed by atoms with Gasteiger partial charge in [0.1, 0.15) is 23.9 Å². The third-order valence-corrected chi connectivity index (χ3v) is 7.06. The number of hydrogen-bond acceptors (Lipinski definition) is 7. The van der Waals surface area contributed by atoms with E-state index < -0.39 is 0 Å². The molecule has 0 aliphatic carbocycles. The highest BCUT2D eigenvalue weighted by molar-refractivity contribution is 6.09. The zero-order chi connectivity index (χ0) is 24.7. The lowest BCUT2D eigenvalue weighted by Crippen LogP contribution is -2.38. The molecular formula is C28H34N4O4. The molecule has 0 spiro atoms. The minimum Gasteiger partial charge on any atom is -0.492 e. The molecule has 3 heterocycles. The van der Waals surface area contributed by atoms with Gasteiger partial charge in [0.15, 0.2) is 0 Å². The Kier molecular flexibility index (Phi) is 7.95. The summed E-state index contributed by atoms with van der Waals surface area (Å²) in [7, 11) is 0. The number of nitrogens with zero attached hydrogens (tertiary/aromatic N) is 3. The lowest BCUT2D eigenvalue weighted by Gasteiger charge is -2.32. The summed E-state index contributed by atoms with van der Waals surface area (Å²) in [5, 5.41) is 14.3. The molecule has 2 aliphatic heterocycles. The molecule has 0 saturated carbocycles. The normalized spacial score (nSPS) is 17.3. The number of rotatable bonds is 8. The molecule has 0 bridgehead atoms. The number of anilines is 2. The molecular weight excluding hydrogens is 456 g/mol. The number of amides is 1. The van der Waals surface area contributed by atoms with Gasteiger partial charge in [-0.15, -0.1) is 0 Å². The summed E-state index contributed by atoms with van der Waals surface area (Å²) < 4.78 is 11.5. The standard InChI is InChI=1S/C28H34N4O4/c33-20-21-10-12-32(13-11-21)27-7-3-6-25(29-27)28(34)30-24-8-9-26(23-5-2-1-4-22(23)24)36-19-16-31-14-17-35-18-15-31/h1-9,21,33H,10-20H2,(H,30,34).